The van der Waals surface area contributed by atoms with Gasteiger partial charge in [-0.3, -0.25) is 4.90 Å². The fraction of sp³-hybridized carbons (Fsp3) is 0.647. The number of ether oxygens (including phenoxy) is 1. The fourth-order valence-electron chi connectivity index (χ4n) is 3.11. The predicted molar refractivity (Wildman–Crippen MR) is 99.4 cm³/mol. The van der Waals surface area contributed by atoms with Crippen molar-refractivity contribution in [1.29, 1.82) is 0 Å². The molecule has 0 bridgehead atoms. The lowest BCUT2D eigenvalue weighted by Gasteiger charge is -2.36. The van der Waals surface area contributed by atoms with Crippen LogP contribution in [-0.2, 0) is 0 Å². The number of benzene rings is 1. The highest BCUT2D eigenvalue weighted by molar-refractivity contribution is 9.10. The van der Waals surface area contributed by atoms with Crippen molar-refractivity contribution in [3.63, 3.8) is 0 Å². The summed E-state index contributed by atoms with van der Waals surface area (Å²) in [4.78, 5) is 2.26. The molecule has 3 nitrogen and oxygen atoms in total. The van der Waals surface area contributed by atoms with E-state index in [1.54, 1.807) is 12.1 Å². The van der Waals surface area contributed by atoms with Crippen molar-refractivity contribution < 1.29 is 17.9 Å². The molecular formula is C17H25BrClF3N2O. The molecule has 0 radical (unpaired) electrons. The van der Waals surface area contributed by atoms with Crippen LogP contribution in [0, 0.1) is 0 Å². The van der Waals surface area contributed by atoms with Gasteiger partial charge in [-0.1, -0.05) is 42.1 Å². The first kappa shape index (κ1) is 22.5. The van der Waals surface area contributed by atoms with Gasteiger partial charge in [-0.15, -0.1) is 25.6 Å². The summed E-state index contributed by atoms with van der Waals surface area (Å²) in [5.74, 6) is -0.0919. The number of nitrogens with one attached hydrogen (secondary N) is 1. The maximum absolute atomic E-state index is 12.8. The largest absolute Gasteiger partial charge is 0.573 e. The van der Waals surface area contributed by atoms with Gasteiger partial charge in [-0.05, 0) is 24.6 Å². The van der Waals surface area contributed by atoms with Crippen molar-refractivity contribution in [1.82, 2.24) is 10.2 Å². The summed E-state index contributed by atoms with van der Waals surface area (Å²) >= 11 is 3.38. The van der Waals surface area contributed by atoms with Gasteiger partial charge in [0, 0.05) is 42.3 Å². The number of nitrogens with zero attached hydrogens (tertiary/aromatic N) is 1. The summed E-state index contributed by atoms with van der Waals surface area (Å²) in [7, 11) is 0. The topological polar surface area (TPSA) is 24.5 Å². The van der Waals surface area contributed by atoms with Gasteiger partial charge in [0.2, 0.25) is 0 Å². The lowest BCUT2D eigenvalue weighted by atomic mass is 9.97. The van der Waals surface area contributed by atoms with Crippen LogP contribution in [0.2, 0.25) is 0 Å². The van der Waals surface area contributed by atoms with E-state index in [0.717, 1.165) is 56.3 Å². The third-order valence-electron chi connectivity index (χ3n) is 4.23. The lowest BCUT2D eigenvalue weighted by Crippen LogP contribution is -2.45. The van der Waals surface area contributed by atoms with Crippen molar-refractivity contribution in [2.45, 2.75) is 45.0 Å². The summed E-state index contributed by atoms with van der Waals surface area (Å²) in [6.45, 7) is 5.49. The summed E-state index contributed by atoms with van der Waals surface area (Å²) in [5.41, 5.74) is 0.611. The van der Waals surface area contributed by atoms with E-state index in [1.165, 1.54) is 6.07 Å². The predicted octanol–water partition coefficient (Wildman–Crippen LogP) is 5.30. The molecule has 1 saturated heterocycles. The molecule has 25 heavy (non-hydrogen) atoms. The number of piperazine rings is 1. The van der Waals surface area contributed by atoms with Crippen LogP contribution in [0.15, 0.2) is 22.7 Å². The second-order valence-corrected chi connectivity index (χ2v) is 6.94. The Balaban J connectivity index is 0.00000312. The zero-order chi connectivity index (χ0) is 17.6. The van der Waals surface area contributed by atoms with Gasteiger partial charge < -0.3 is 10.1 Å². The number of rotatable bonds is 7. The first-order chi connectivity index (χ1) is 11.4. The molecule has 0 aliphatic carbocycles. The smallest absolute Gasteiger partial charge is 0.405 e. The molecule has 0 spiro atoms. The Hall–Kier alpha value is -0.500. The summed E-state index contributed by atoms with van der Waals surface area (Å²) in [6.07, 6.45) is -0.702. The van der Waals surface area contributed by atoms with Crippen molar-refractivity contribution in [3.8, 4) is 5.75 Å². The molecule has 1 aromatic carbocycles. The Morgan fingerprint density at radius 2 is 1.92 bits per heavy atom. The average molecular weight is 446 g/mol. The molecule has 1 heterocycles. The standard InChI is InChI=1S/C17H24BrF3N2O.ClH/c1-2-3-4-5-15(23-10-8-22-9-11-23)14-12-13(18)6-7-16(14)24-17(19,20)21;/h6-7,12,15,22H,2-5,8-11H2,1H3;1H/t15-;/m0./s1. The zero-order valence-corrected chi connectivity index (χ0v) is 16.6. The molecule has 1 aliphatic heterocycles. The van der Waals surface area contributed by atoms with Crippen molar-refractivity contribution in [2.24, 2.45) is 0 Å². The summed E-state index contributed by atoms with van der Waals surface area (Å²) < 4.78 is 43.4. The lowest BCUT2D eigenvalue weighted by molar-refractivity contribution is -0.275. The zero-order valence-electron chi connectivity index (χ0n) is 14.2. The van der Waals surface area contributed by atoms with E-state index < -0.39 is 6.36 Å². The van der Waals surface area contributed by atoms with Crippen molar-refractivity contribution in [3.05, 3.63) is 28.2 Å². The number of hydrogen-bond donors (Lipinski definition) is 1. The highest BCUT2D eigenvalue weighted by Gasteiger charge is 2.34. The second kappa shape index (κ2) is 10.6. The third-order valence-corrected chi connectivity index (χ3v) is 4.72. The Kier molecular flexibility index (Phi) is 9.56. The van der Waals surface area contributed by atoms with Crippen LogP contribution in [0.5, 0.6) is 5.75 Å². The number of hydrogen-bond acceptors (Lipinski definition) is 3. The maximum atomic E-state index is 12.8. The van der Waals surface area contributed by atoms with E-state index in [-0.39, 0.29) is 24.2 Å². The molecule has 8 heteroatoms. The Morgan fingerprint density at radius 3 is 2.52 bits per heavy atom. The highest BCUT2D eigenvalue weighted by Crippen LogP contribution is 2.37. The quantitative estimate of drug-likeness (QED) is 0.577. The van der Waals surface area contributed by atoms with Crippen LogP contribution in [0.1, 0.15) is 44.2 Å². The van der Waals surface area contributed by atoms with Gasteiger partial charge in [0.05, 0.1) is 0 Å². The van der Waals surface area contributed by atoms with Crippen LogP contribution >= 0.6 is 28.3 Å². The monoisotopic (exact) mass is 444 g/mol. The third kappa shape index (κ3) is 7.33. The molecule has 0 aromatic heterocycles. The normalized spacial score (nSPS) is 17.0. The van der Waals surface area contributed by atoms with E-state index in [0.29, 0.717) is 5.56 Å². The van der Waals surface area contributed by atoms with Crippen molar-refractivity contribution >= 4 is 28.3 Å². The SMILES string of the molecule is CCCCC[C@@H](c1cc(Br)ccc1OC(F)(F)F)N1CCNCC1.Cl. The fourth-order valence-corrected chi connectivity index (χ4v) is 3.49. The van der Waals surface area contributed by atoms with E-state index in [4.69, 9.17) is 0 Å². The summed E-state index contributed by atoms with van der Waals surface area (Å²) in [6, 6.07) is 4.70. The Labute approximate surface area is 161 Å². The Bertz CT molecular complexity index is 525. The highest BCUT2D eigenvalue weighted by atomic mass is 79.9. The van der Waals surface area contributed by atoms with Gasteiger partial charge >= 0.3 is 6.36 Å². The molecule has 0 unspecified atom stereocenters. The molecule has 0 saturated carbocycles. The van der Waals surface area contributed by atoms with Gasteiger partial charge in [-0.2, -0.15) is 0 Å². The van der Waals surface area contributed by atoms with Crippen molar-refractivity contribution in [2.75, 3.05) is 26.2 Å². The Morgan fingerprint density at radius 1 is 1.24 bits per heavy atom. The van der Waals surface area contributed by atoms with Gasteiger partial charge in [0.1, 0.15) is 5.75 Å². The molecule has 1 aromatic rings. The molecule has 1 aliphatic rings. The first-order valence-corrected chi connectivity index (χ1v) is 9.20. The van der Waals surface area contributed by atoms with Gasteiger partial charge in [0.15, 0.2) is 0 Å². The van der Waals surface area contributed by atoms with Crippen LogP contribution < -0.4 is 10.1 Å². The molecule has 0 amide bonds. The van der Waals surface area contributed by atoms with E-state index >= 15 is 0 Å². The first-order valence-electron chi connectivity index (χ1n) is 8.40. The molecular weight excluding hydrogens is 421 g/mol. The van der Waals surface area contributed by atoms with Crippen LogP contribution in [0.4, 0.5) is 13.2 Å². The van der Waals surface area contributed by atoms with Crippen LogP contribution in [0.25, 0.3) is 0 Å². The minimum Gasteiger partial charge on any atom is -0.405 e. The average Bonchev–Trinajstić information content (AvgIpc) is 2.53. The minimum absolute atomic E-state index is 0. The molecule has 144 valence electrons. The van der Waals surface area contributed by atoms with E-state index in [2.05, 4.69) is 37.8 Å². The second-order valence-electron chi connectivity index (χ2n) is 6.03. The summed E-state index contributed by atoms with van der Waals surface area (Å²) in [5, 5.41) is 3.29. The number of halogens is 5. The maximum Gasteiger partial charge on any atom is 0.573 e. The number of unbranched alkanes of at least 4 members (excludes halogenated alkanes) is 2. The number of alkyl halides is 3. The van der Waals surface area contributed by atoms with E-state index in [1.807, 2.05) is 0 Å². The van der Waals surface area contributed by atoms with Crippen LogP contribution in [0.3, 0.4) is 0 Å². The molecule has 1 fully saturated rings. The molecule has 2 rings (SSSR count). The van der Waals surface area contributed by atoms with Gasteiger partial charge in [0.25, 0.3) is 0 Å². The van der Waals surface area contributed by atoms with E-state index in [9.17, 15) is 13.2 Å². The molecule has 1 N–H and O–H groups in total. The van der Waals surface area contributed by atoms with Gasteiger partial charge in [-0.25, -0.2) is 0 Å². The molecule has 1 atom stereocenters. The van der Waals surface area contributed by atoms with Crippen LogP contribution in [-0.4, -0.2) is 37.4 Å². The minimum atomic E-state index is -4.68.